The summed E-state index contributed by atoms with van der Waals surface area (Å²) < 4.78 is 35.4. The third-order valence-electron chi connectivity index (χ3n) is 1.82. The molecule has 0 aliphatic heterocycles. The molecule has 0 saturated heterocycles. The summed E-state index contributed by atoms with van der Waals surface area (Å²) in [7, 11) is 0. The second kappa shape index (κ2) is 5.72. The van der Waals surface area contributed by atoms with Gasteiger partial charge in [-0.15, -0.1) is 0 Å². The molecule has 1 amide bonds. The number of hydrogen-bond donors (Lipinski definition) is 1. The van der Waals surface area contributed by atoms with Crippen LogP contribution in [0.2, 0.25) is 5.02 Å². The van der Waals surface area contributed by atoms with Gasteiger partial charge in [0.25, 0.3) is 0 Å². The number of carbonyl (C=O) groups excluding carboxylic acids is 1. The van der Waals surface area contributed by atoms with Crippen molar-refractivity contribution in [1.82, 2.24) is 5.32 Å². The lowest BCUT2D eigenvalue weighted by Gasteiger charge is -2.04. The molecule has 92 valence electrons. The number of rotatable bonds is 3. The van der Waals surface area contributed by atoms with E-state index >= 15 is 0 Å². The first-order valence-corrected chi connectivity index (χ1v) is 5.04. The summed E-state index contributed by atoms with van der Waals surface area (Å²) in [6.07, 6.45) is -1.83. The van der Waals surface area contributed by atoms with Gasteiger partial charge in [-0.3, -0.25) is 4.79 Å². The molecule has 0 saturated carbocycles. The van der Waals surface area contributed by atoms with Crippen LogP contribution in [-0.2, 0) is 4.79 Å². The van der Waals surface area contributed by atoms with Crippen LogP contribution in [0.1, 0.15) is 5.56 Å². The highest BCUT2D eigenvalue weighted by atomic mass is 35.5. The van der Waals surface area contributed by atoms with E-state index in [0.29, 0.717) is 5.02 Å². The van der Waals surface area contributed by atoms with Gasteiger partial charge in [0.2, 0.25) is 0 Å². The van der Waals surface area contributed by atoms with Crippen molar-refractivity contribution in [3.63, 3.8) is 0 Å². The summed E-state index contributed by atoms with van der Waals surface area (Å²) in [4.78, 5) is 10.4. The van der Waals surface area contributed by atoms with Crippen LogP contribution >= 0.6 is 11.6 Å². The van der Waals surface area contributed by atoms with Gasteiger partial charge >= 0.3 is 12.1 Å². The van der Waals surface area contributed by atoms with E-state index < -0.39 is 12.1 Å². The lowest BCUT2D eigenvalue weighted by atomic mass is 10.2. The monoisotopic (exact) mass is 263 g/mol. The second-order valence-electron chi connectivity index (χ2n) is 3.16. The van der Waals surface area contributed by atoms with Gasteiger partial charge in [-0.1, -0.05) is 35.9 Å². The smallest absolute Gasteiger partial charge is 0.345 e. The van der Waals surface area contributed by atoms with Crippen LogP contribution in [0.4, 0.5) is 13.2 Å². The largest absolute Gasteiger partial charge is 0.471 e. The molecule has 0 atom stereocenters. The zero-order valence-electron chi connectivity index (χ0n) is 8.59. The lowest BCUT2D eigenvalue weighted by molar-refractivity contribution is -0.173. The maximum absolute atomic E-state index is 11.8. The number of amides is 1. The topological polar surface area (TPSA) is 29.1 Å². The first-order chi connectivity index (χ1) is 7.89. The first kappa shape index (κ1) is 13.6. The van der Waals surface area contributed by atoms with E-state index in [1.165, 1.54) is 6.08 Å². The number of hydrogen-bond acceptors (Lipinski definition) is 1. The van der Waals surface area contributed by atoms with Crippen molar-refractivity contribution < 1.29 is 18.0 Å². The molecular weight excluding hydrogens is 255 g/mol. The summed E-state index contributed by atoms with van der Waals surface area (Å²) in [5.74, 6) is -1.95. The van der Waals surface area contributed by atoms with Crippen molar-refractivity contribution in [2.45, 2.75) is 6.18 Å². The van der Waals surface area contributed by atoms with Gasteiger partial charge in [-0.2, -0.15) is 13.2 Å². The molecular formula is C11H9ClF3NO. The van der Waals surface area contributed by atoms with Crippen molar-refractivity contribution in [3.05, 3.63) is 40.9 Å². The van der Waals surface area contributed by atoms with Crippen LogP contribution in [0, 0.1) is 0 Å². The molecule has 0 aromatic heterocycles. The molecule has 0 bridgehead atoms. The van der Waals surface area contributed by atoms with Crippen molar-refractivity contribution >= 4 is 23.6 Å². The van der Waals surface area contributed by atoms with E-state index in [4.69, 9.17) is 11.6 Å². The summed E-state index contributed by atoms with van der Waals surface area (Å²) in [5.41, 5.74) is 0.788. The van der Waals surface area contributed by atoms with Crippen LogP contribution in [0.3, 0.4) is 0 Å². The molecule has 17 heavy (non-hydrogen) atoms. The van der Waals surface area contributed by atoms with Crippen LogP contribution in [0.15, 0.2) is 30.3 Å². The Kier molecular flexibility index (Phi) is 4.57. The van der Waals surface area contributed by atoms with E-state index in [1.54, 1.807) is 35.7 Å². The molecule has 1 aromatic carbocycles. The molecule has 6 heteroatoms. The van der Waals surface area contributed by atoms with E-state index in [0.717, 1.165) is 5.56 Å². The Balaban J connectivity index is 2.41. The average molecular weight is 264 g/mol. The number of carbonyl (C=O) groups is 1. The summed E-state index contributed by atoms with van der Waals surface area (Å²) in [6.45, 7) is -0.180. The Bertz CT molecular complexity index is 412. The van der Waals surface area contributed by atoms with E-state index in [-0.39, 0.29) is 6.54 Å². The molecule has 0 fully saturated rings. The number of nitrogens with one attached hydrogen (secondary N) is 1. The molecule has 1 rings (SSSR count). The predicted molar refractivity (Wildman–Crippen MR) is 59.6 cm³/mol. The van der Waals surface area contributed by atoms with Gasteiger partial charge in [-0.05, 0) is 17.7 Å². The zero-order valence-corrected chi connectivity index (χ0v) is 9.35. The molecule has 2 nitrogen and oxygen atoms in total. The van der Waals surface area contributed by atoms with Crippen molar-refractivity contribution in [1.29, 1.82) is 0 Å². The highest BCUT2D eigenvalue weighted by molar-refractivity contribution is 6.30. The average Bonchev–Trinajstić information content (AvgIpc) is 2.25. The first-order valence-electron chi connectivity index (χ1n) is 4.67. The van der Waals surface area contributed by atoms with E-state index in [9.17, 15) is 18.0 Å². The van der Waals surface area contributed by atoms with Crippen LogP contribution in [-0.4, -0.2) is 18.6 Å². The minimum absolute atomic E-state index is 0.180. The molecule has 0 radical (unpaired) electrons. The Morgan fingerprint density at radius 3 is 2.41 bits per heavy atom. The maximum Gasteiger partial charge on any atom is 0.471 e. The normalized spacial score (nSPS) is 11.8. The molecule has 1 aromatic rings. The Hall–Kier alpha value is -1.49. The van der Waals surface area contributed by atoms with Crippen LogP contribution in [0.5, 0.6) is 0 Å². The fourth-order valence-electron chi connectivity index (χ4n) is 1.02. The molecule has 0 aliphatic rings. The fraction of sp³-hybridized carbons (Fsp3) is 0.182. The molecule has 1 N–H and O–H groups in total. The minimum atomic E-state index is -4.84. The number of alkyl halides is 3. The molecule has 0 aliphatic carbocycles. The third kappa shape index (κ3) is 4.91. The van der Waals surface area contributed by atoms with Gasteiger partial charge in [0.05, 0.1) is 0 Å². The molecule has 0 heterocycles. The Labute approximate surface area is 101 Å². The van der Waals surface area contributed by atoms with Gasteiger partial charge in [0.15, 0.2) is 0 Å². The SMILES string of the molecule is O=C(NC/C=C/c1ccc(Cl)cc1)C(F)(F)F. The van der Waals surface area contributed by atoms with Gasteiger partial charge in [0, 0.05) is 11.6 Å². The number of benzene rings is 1. The van der Waals surface area contributed by atoms with Crippen LogP contribution < -0.4 is 5.32 Å². The molecule has 0 unspecified atom stereocenters. The minimum Gasteiger partial charge on any atom is -0.345 e. The Morgan fingerprint density at radius 1 is 1.29 bits per heavy atom. The lowest BCUT2D eigenvalue weighted by Crippen LogP contribution is -2.36. The summed E-state index contributed by atoms with van der Waals surface area (Å²) >= 11 is 5.66. The van der Waals surface area contributed by atoms with Crippen molar-refractivity contribution in [2.24, 2.45) is 0 Å². The zero-order chi connectivity index (χ0) is 12.9. The molecule has 0 spiro atoms. The summed E-state index contributed by atoms with van der Waals surface area (Å²) in [5, 5.41) is 2.30. The Morgan fingerprint density at radius 2 is 1.88 bits per heavy atom. The van der Waals surface area contributed by atoms with Crippen LogP contribution in [0.25, 0.3) is 6.08 Å². The van der Waals surface area contributed by atoms with Crippen molar-refractivity contribution in [2.75, 3.05) is 6.54 Å². The highest BCUT2D eigenvalue weighted by Gasteiger charge is 2.37. The quantitative estimate of drug-likeness (QED) is 0.892. The van der Waals surface area contributed by atoms with E-state index in [2.05, 4.69) is 0 Å². The van der Waals surface area contributed by atoms with Gasteiger partial charge in [-0.25, -0.2) is 0 Å². The fourth-order valence-corrected chi connectivity index (χ4v) is 1.15. The third-order valence-corrected chi connectivity index (χ3v) is 2.07. The van der Waals surface area contributed by atoms with E-state index in [1.807, 2.05) is 0 Å². The number of halogens is 4. The standard InChI is InChI=1S/C11H9ClF3NO/c12-9-5-3-8(4-6-9)2-1-7-16-10(17)11(13,14)15/h1-6H,7H2,(H,16,17)/b2-1+. The van der Waals surface area contributed by atoms with Gasteiger partial charge in [0.1, 0.15) is 0 Å². The van der Waals surface area contributed by atoms with Crippen molar-refractivity contribution in [3.8, 4) is 0 Å². The summed E-state index contributed by atoms with van der Waals surface area (Å²) in [6, 6.07) is 6.75. The highest BCUT2D eigenvalue weighted by Crippen LogP contribution is 2.14. The second-order valence-corrected chi connectivity index (χ2v) is 3.60. The predicted octanol–water partition coefficient (Wildman–Crippen LogP) is 3.03. The van der Waals surface area contributed by atoms with Gasteiger partial charge < -0.3 is 5.32 Å². The maximum atomic E-state index is 11.8.